The van der Waals surface area contributed by atoms with Crippen LogP contribution in [0.3, 0.4) is 0 Å². The van der Waals surface area contributed by atoms with Gasteiger partial charge in [0.25, 0.3) is 11.7 Å². The average molecular weight is 252 g/mol. The number of piperidine rings is 1. The van der Waals surface area contributed by atoms with Crippen LogP contribution in [0.1, 0.15) is 37.3 Å². The molecule has 0 saturated carbocycles. The number of amides is 1. The number of likely N-dealkylation sites (tertiary alicyclic amines) is 1. The Kier molecular flexibility index (Phi) is 4.24. The molecule has 1 aromatic rings. The van der Waals surface area contributed by atoms with E-state index < -0.39 is 0 Å². The largest absolute Gasteiger partial charge is 0.335 e. The molecule has 7 nitrogen and oxygen atoms in total. The Hall–Kier alpha value is -1.50. The Labute approximate surface area is 106 Å². The van der Waals surface area contributed by atoms with Crippen molar-refractivity contribution in [3.63, 3.8) is 0 Å². The molecule has 1 fully saturated rings. The third kappa shape index (κ3) is 3.25. The van der Waals surface area contributed by atoms with Gasteiger partial charge in [0.15, 0.2) is 0 Å². The van der Waals surface area contributed by atoms with Crippen LogP contribution in [0.2, 0.25) is 0 Å². The molecule has 1 saturated heterocycles. The van der Waals surface area contributed by atoms with Crippen LogP contribution >= 0.6 is 0 Å². The summed E-state index contributed by atoms with van der Waals surface area (Å²) in [5.74, 6) is 0.544. The molecule has 2 rings (SSSR count). The molecule has 18 heavy (non-hydrogen) atoms. The van der Waals surface area contributed by atoms with Crippen LogP contribution in [0, 0.1) is 5.92 Å². The van der Waals surface area contributed by atoms with Crippen molar-refractivity contribution in [2.75, 3.05) is 19.6 Å². The monoisotopic (exact) mass is 252 g/mol. The molecule has 2 heterocycles. The normalized spacial score (nSPS) is 20.4. The second kappa shape index (κ2) is 5.90. The van der Waals surface area contributed by atoms with E-state index in [9.17, 15) is 4.79 Å². The number of nitrogens with zero attached hydrogens (tertiary/aromatic N) is 4. The number of aromatic nitrogens is 4. The smallest absolute Gasteiger partial charge is 0.295 e. The Balaban J connectivity index is 1.88. The minimum absolute atomic E-state index is 0.127. The van der Waals surface area contributed by atoms with E-state index >= 15 is 0 Å². The molecule has 0 aliphatic carbocycles. The molecule has 1 aliphatic heterocycles. The molecule has 1 aromatic heterocycles. The second-order valence-electron chi connectivity index (χ2n) is 5.06. The van der Waals surface area contributed by atoms with Crippen molar-refractivity contribution in [1.82, 2.24) is 30.8 Å². The van der Waals surface area contributed by atoms with Crippen molar-refractivity contribution in [1.29, 1.82) is 0 Å². The van der Waals surface area contributed by atoms with Crippen molar-refractivity contribution >= 4 is 5.91 Å². The molecule has 7 heteroatoms. The van der Waals surface area contributed by atoms with E-state index in [4.69, 9.17) is 0 Å². The van der Waals surface area contributed by atoms with E-state index in [0.717, 1.165) is 32.5 Å². The van der Waals surface area contributed by atoms with E-state index in [0.29, 0.717) is 12.0 Å². The predicted molar refractivity (Wildman–Crippen MR) is 65.9 cm³/mol. The van der Waals surface area contributed by atoms with E-state index in [-0.39, 0.29) is 11.7 Å². The summed E-state index contributed by atoms with van der Waals surface area (Å²) in [5.41, 5.74) is 0. The Morgan fingerprint density at radius 1 is 1.61 bits per heavy atom. The van der Waals surface area contributed by atoms with E-state index in [1.165, 1.54) is 0 Å². The summed E-state index contributed by atoms with van der Waals surface area (Å²) in [4.78, 5) is 13.9. The quantitative estimate of drug-likeness (QED) is 0.790. The Bertz CT molecular complexity index is 377. The lowest BCUT2D eigenvalue weighted by atomic mass is 9.97. The zero-order chi connectivity index (χ0) is 13.0. The minimum atomic E-state index is -0.127. The van der Waals surface area contributed by atoms with Gasteiger partial charge in [-0.25, -0.2) is 0 Å². The fourth-order valence-corrected chi connectivity index (χ4v) is 2.21. The summed E-state index contributed by atoms with van der Waals surface area (Å²) >= 11 is 0. The molecule has 0 radical (unpaired) electrons. The summed E-state index contributed by atoms with van der Waals surface area (Å²) < 4.78 is 0. The zero-order valence-electron chi connectivity index (χ0n) is 10.9. The number of carbonyl (C=O) groups is 1. The molecule has 1 amide bonds. The van der Waals surface area contributed by atoms with Gasteiger partial charge in [0.1, 0.15) is 0 Å². The molecule has 1 aliphatic rings. The number of aromatic amines is 1. The van der Waals surface area contributed by atoms with Gasteiger partial charge in [0.05, 0.1) is 0 Å². The zero-order valence-corrected chi connectivity index (χ0v) is 10.9. The third-order valence-electron chi connectivity index (χ3n) is 3.16. The number of nitrogens with one attached hydrogen (secondary N) is 2. The molecule has 1 atom stereocenters. The Morgan fingerprint density at radius 3 is 3.11 bits per heavy atom. The SMILES string of the molecule is CC(C)NCC1CCCN(C(=O)c2nn[nH]n2)C1. The van der Waals surface area contributed by atoms with E-state index in [2.05, 4.69) is 39.8 Å². The highest BCUT2D eigenvalue weighted by Crippen LogP contribution is 2.17. The summed E-state index contributed by atoms with van der Waals surface area (Å²) in [6.45, 7) is 6.77. The van der Waals surface area contributed by atoms with Crippen molar-refractivity contribution in [2.24, 2.45) is 5.92 Å². The number of tetrazole rings is 1. The Morgan fingerprint density at radius 2 is 2.44 bits per heavy atom. The second-order valence-corrected chi connectivity index (χ2v) is 5.06. The van der Waals surface area contributed by atoms with Crippen molar-refractivity contribution in [2.45, 2.75) is 32.7 Å². The molecule has 2 N–H and O–H groups in total. The summed E-state index contributed by atoms with van der Waals surface area (Å²) in [6, 6.07) is 0.480. The van der Waals surface area contributed by atoms with Gasteiger partial charge in [-0.2, -0.15) is 5.21 Å². The van der Waals surface area contributed by atoms with Gasteiger partial charge < -0.3 is 10.2 Å². The number of hydrogen-bond donors (Lipinski definition) is 2. The third-order valence-corrected chi connectivity index (χ3v) is 3.16. The predicted octanol–water partition coefficient (Wildman–Crippen LogP) is 0.0499. The van der Waals surface area contributed by atoms with Gasteiger partial charge in [-0.1, -0.05) is 13.8 Å². The van der Waals surface area contributed by atoms with Gasteiger partial charge in [0.2, 0.25) is 0 Å². The molecule has 1 unspecified atom stereocenters. The van der Waals surface area contributed by atoms with Gasteiger partial charge in [-0.3, -0.25) is 4.79 Å². The van der Waals surface area contributed by atoms with Gasteiger partial charge >= 0.3 is 0 Å². The summed E-state index contributed by atoms with van der Waals surface area (Å²) in [7, 11) is 0. The number of carbonyl (C=O) groups excluding carboxylic acids is 1. The van der Waals surface area contributed by atoms with Gasteiger partial charge in [-0.05, 0) is 30.5 Å². The first-order valence-electron chi connectivity index (χ1n) is 6.43. The molecule has 0 aromatic carbocycles. The molecular formula is C11H20N6O. The van der Waals surface area contributed by atoms with E-state index in [1.54, 1.807) is 0 Å². The molecule has 0 spiro atoms. The maximum Gasteiger partial charge on any atom is 0.295 e. The number of rotatable bonds is 4. The minimum Gasteiger partial charge on any atom is -0.335 e. The molecular weight excluding hydrogens is 232 g/mol. The van der Waals surface area contributed by atoms with Crippen molar-refractivity contribution < 1.29 is 4.79 Å². The highest BCUT2D eigenvalue weighted by molar-refractivity contribution is 5.90. The van der Waals surface area contributed by atoms with Crippen LogP contribution < -0.4 is 5.32 Å². The summed E-state index contributed by atoms with van der Waals surface area (Å²) in [6.07, 6.45) is 2.20. The van der Waals surface area contributed by atoms with Gasteiger partial charge in [-0.15, -0.1) is 10.2 Å². The van der Waals surface area contributed by atoms with Gasteiger partial charge in [0, 0.05) is 19.1 Å². The topological polar surface area (TPSA) is 86.8 Å². The standard InChI is InChI=1S/C11H20N6O/c1-8(2)12-6-9-4-3-5-17(7-9)11(18)10-13-15-16-14-10/h8-9,12H,3-7H2,1-2H3,(H,13,14,15,16). The summed E-state index contributed by atoms with van der Waals surface area (Å²) in [5, 5.41) is 16.6. The van der Waals surface area contributed by atoms with Crippen LogP contribution in [0.4, 0.5) is 0 Å². The van der Waals surface area contributed by atoms with Crippen molar-refractivity contribution in [3.8, 4) is 0 Å². The fraction of sp³-hybridized carbons (Fsp3) is 0.818. The first-order valence-corrected chi connectivity index (χ1v) is 6.43. The van der Waals surface area contributed by atoms with Crippen LogP contribution in [0.15, 0.2) is 0 Å². The van der Waals surface area contributed by atoms with Crippen LogP contribution in [0.5, 0.6) is 0 Å². The lowest BCUT2D eigenvalue weighted by molar-refractivity contribution is 0.0660. The first kappa shape index (κ1) is 12.9. The van der Waals surface area contributed by atoms with Crippen LogP contribution in [-0.4, -0.2) is 57.1 Å². The van der Waals surface area contributed by atoms with Crippen LogP contribution in [-0.2, 0) is 0 Å². The lowest BCUT2D eigenvalue weighted by Gasteiger charge is -2.32. The fourth-order valence-electron chi connectivity index (χ4n) is 2.21. The number of H-pyrrole nitrogens is 1. The highest BCUT2D eigenvalue weighted by Gasteiger charge is 2.26. The van der Waals surface area contributed by atoms with Crippen molar-refractivity contribution in [3.05, 3.63) is 5.82 Å². The van der Waals surface area contributed by atoms with Crippen LogP contribution in [0.25, 0.3) is 0 Å². The number of hydrogen-bond acceptors (Lipinski definition) is 5. The highest BCUT2D eigenvalue weighted by atomic mass is 16.2. The van der Waals surface area contributed by atoms with E-state index in [1.807, 2.05) is 4.90 Å². The molecule has 0 bridgehead atoms. The average Bonchev–Trinajstić information content (AvgIpc) is 2.89. The molecule has 100 valence electrons. The maximum absolute atomic E-state index is 12.1. The lowest BCUT2D eigenvalue weighted by Crippen LogP contribution is -2.44. The maximum atomic E-state index is 12.1. The first-order chi connectivity index (χ1) is 8.66.